The third kappa shape index (κ3) is 1.58. The molecule has 5 nitrogen and oxygen atoms in total. The van der Waals surface area contributed by atoms with Gasteiger partial charge in [0, 0.05) is 25.2 Å². The van der Waals surface area contributed by atoms with E-state index < -0.39 is 0 Å². The van der Waals surface area contributed by atoms with E-state index >= 15 is 0 Å². The molecule has 0 bridgehead atoms. The van der Waals surface area contributed by atoms with Crippen molar-refractivity contribution < 1.29 is 4.74 Å². The predicted octanol–water partition coefficient (Wildman–Crippen LogP) is 1.45. The zero-order chi connectivity index (χ0) is 12.7. The van der Waals surface area contributed by atoms with Gasteiger partial charge in [-0.05, 0) is 25.5 Å². The molecule has 1 fully saturated rings. The number of hydrogen-bond donors (Lipinski definition) is 3. The van der Waals surface area contributed by atoms with E-state index in [1.807, 2.05) is 4.90 Å². The van der Waals surface area contributed by atoms with Crippen LogP contribution in [0.25, 0.3) is 0 Å². The first kappa shape index (κ1) is 11.2. The van der Waals surface area contributed by atoms with Gasteiger partial charge in [0.25, 0.3) is 0 Å². The monoisotopic (exact) mass is 246 g/mol. The number of guanidine groups is 1. The van der Waals surface area contributed by atoms with Gasteiger partial charge < -0.3 is 20.3 Å². The SMILES string of the molecule is Cc1cc2c(c(C)c1N1CCNC1=N)NCCO2. The standard InChI is InChI=1S/C13H18N4O/c1-8-7-10-11(15-4-6-18-10)9(2)12(8)17-5-3-16-13(17)14/h7,15H,3-6H2,1-2H3,(H2,14,16). The third-order valence-corrected chi connectivity index (χ3v) is 3.53. The minimum Gasteiger partial charge on any atom is -0.490 e. The van der Waals surface area contributed by atoms with Crippen molar-refractivity contribution in [3.8, 4) is 5.75 Å². The molecule has 3 N–H and O–H groups in total. The Morgan fingerprint density at radius 3 is 2.83 bits per heavy atom. The summed E-state index contributed by atoms with van der Waals surface area (Å²) < 4.78 is 5.68. The molecule has 0 amide bonds. The van der Waals surface area contributed by atoms with Crippen molar-refractivity contribution in [3.05, 3.63) is 17.2 Å². The summed E-state index contributed by atoms with van der Waals surface area (Å²) in [6.07, 6.45) is 0. The molecule has 1 aromatic carbocycles. The first-order chi connectivity index (χ1) is 8.68. The first-order valence-electron chi connectivity index (χ1n) is 6.29. The van der Waals surface area contributed by atoms with E-state index in [9.17, 15) is 0 Å². The van der Waals surface area contributed by atoms with Crippen LogP contribution in [0.5, 0.6) is 5.75 Å². The normalized spacial score (nSPS) is 17.9. The van der Waals surface area contributed by atoms with Crippen LogP contribution in [0.4, 0.5) is 11.4 Å². The van der Waals surface area contributed by atoms with Crippen LogP contribution in [0.2, 0.25) is 0 Å². The summed E-state index contributed by atoms with van der Waals surface area (Å²) >= 11 is 0. The lowest BCUT2D eigenvalue weighted by atomic mass is 10.0. The number of benzene rings is 1. The number of fused-ring (bicyclic) bond motifs is 1. The molecule has 0 saturated carbocycles. The van der Waals surface area contributed by atoms with E-state index in [1.165, 1.54) is 0 Å². The molecule has 3 rings (SSSR count). The van der Waals surface area contributed by atoms with Gasteiger partial charge in [-0.1, -0.05) is 0 Å². The minimum atomic E-state index is 0.484. The van der Waals surface area contributed by atoms with Crippen molar-refractivity contribution in [1.82, 2.24) is 5.32 Å². The molecular formula is C13H18N4O. The van der Waals surface area contributed by atoms with Gasteiger partial charge in [-0.15, -0.1) is 0 Å². The van der Waals surface area contributed by atoms with Crippen molar-refractivity contribution >= 4 is 17.3 Å². The fourth-order valence-corrected chi connectivity index (χ4v) is 2.74. The van der Waals surface area contributed by atoms with E-state index in [0.717, 1.165) is 47.9 Å². The van der Waals surface area contributed by atoms with Crippen LogP contribution in [0, 0.1) is 19.3 Å². The van der Waals surface area contributed by atoms with E-state index in [0.29, 0.717) is 12.6 Å². The quantitative estimate of drug-likeness (QED) is 0.702. The second-order valence-electron chi connectivity index (χ2n) is 4.74. The highest BCUT2D eigenvalue weighted by atomic mass is 16.5. The Morgan fingerprint density at radius 1 is 1.28 bits per heavy atom. The summed E-state index contributed by atoms with van der Waals surface area (Å²) in [5.41, 5.74) is 4.52. The van der Waals surface area contributed by atoms with E-state index in [-0.39, 0.29) is 0 Å². The number of nitrogens with one attached hydrogen (secondary N) is 3. The maximum Gasteiger partial charge on any atom is 0.195 e. The molecule has 5 heteroatoms. The summed E-state index contributed by atoms with van der Waals surface area (Å²) in [5.74, 6) is 1.41. The van der Waals surface area contributed by atoms with Gasteiger partial charge in [-0.3, -0.25) is 5.41 Å². The zero-order valence-corrected chi connectivity index (χ0v) is 10.8. The average molecular weight is 246 g/mol. The Labute approximate surface area is 107 Å². The fourth-order valence-electron chi connectivity index (χ4n) is 2.74. The molecule has 18 heavy (non-hydrogen) atoms. The van der Waals surface area contributed by atoms with Crippen LogP contribution in [-0.2, 0) is 0 Å². The van der Waals surface area contributed by atoms with Crippen LogP contribution in [0.1, 0.15) is 11.1 Å². The highest BCUT2D eigenvalue weighted by molar-refractivity contribution is 5.98. The van der Waals surface area contributed by atoms with Gasteiger partial charge in [-0.2, -0.15) is 0 Å². The molecule has 96 valence electrons. The Morgan fingerprint density at radius 2 is 2.11 bits per heavy atom. The van der Waals surface area contributed by atoms with Crippen LogP contribution < -0.4 is 20.3 Å². The summed E-state index contributed by atoms with van der Waals surface area (Å²) in [6, 6.07) is 2.06. The third-order valence-electron chi connectivity index (χ3n) is 3.53. The van der Waals surface area contributed by atoms with E-state index in [1.54, 1.807) is 0 Å². The number of nitrogens with zero attached hydrogens (tertiary/aromatic N) is 1. The van der Waals surface area contributed by atoms with Crippen LogP contribution >= 0.6 is 0 Å². The molecule has 0 aromatic heterocycles. The largest absolute Gasteiger partial charge is 0.490 e. The predicted molar refractivity (Wildman–Crippen MR) is 73.0 cm³/mol. The fraction of sp³-hybridized carbons (Fsp3) is 0.462. The number of anilines is 2. The van der Waals surface area contributed by atoms with Gasteiger partial charge in [0.2, 0.25) is 0 Å². The maximum absolute atomic E-state index is 7.94. The second kappa shape index (κ2) is 4.08. The molecule has 0 aliphatic carbocycles. The van der Waals surface area contributed by atoms with Crippen molar-refractivity contribution in [3.63, 3.8) is 0 Å². The molecule has 2 heterocycles. The van der Waals surface area contributed by atoms with Crippen molar-refractivity contribution in [2.24, 2.45) is 0 Å². The molecule has 0 radical (unpaired) electrons. The Bertz CT molecular complexity index is 512. The molecule has 1 aromatic rings. The molecular weight excluding hydrogens is 228 g/mol. The topological polar surface area (TPSA) is 60.4 Å². The van der Waals surface area contributed by atoms with E-state index in [4.69, 9.17) is 10.1 Å². The smallest absolute Gasteiger partial charge is 0.195 e. The minimum absolute atomic E-state index is 0.484. The number of ether oxygens (including phenoxy) is 1. The van der Waals surface area contributed by atoms with Crippen LogP contribution in [0.15, 0.2) is 6.07 Å². The zero-order valence-electron chi connectivity index (χ0n) is 10.8. The lowest BCUT2D eigenvalue weighted by Gasteiger charge is -2.28. The highest BCUT2D eigenvalue weighted by Crippen LogP contribution is 2.39. The highest BCUT2D eigenvalue weighted by Gasteiger charge is 2.25. The Kier molecular flexibility index (Phi) is 2.54. The van der Waals surface area contributed by atoms with Gasteiger partial charge in [0.15, 0.2) is 5.96 Å². The van der Waals surface area contributed by atoms with Gasteiger partial charge in [0.05, 0.1) is 11.4 Å². The summed E-state index contributed by atoms with van der Waals surface area (Å²) in [5, 5.41) is 14.4. The first-order valence-corrected chi connectivity index (χ1v) is 6.29. The van der Waals surface area contributed by atoms with Crippen LogP contribution in [-0.4, -0.2) is 32.2 Å². The lowest BCUT2D eigenvalue weighted by molar-refractivity contribution is 0.323. The Balaban J connectivity index is 2.11. The summed E-state index contributed by atoms with van der Waals surface area (Å²) in [7, 11) is 0. The van der Waals surface area contributed by atoms with Crippen molar-refractivity contribution in [2.45, 2.75) is 13.8 Å². The number of hydrogen-bond acceptors (Lipinski definition) is 3. The molecule has 1 saturated heterocycles. The van der Waals surface area contributed by atoms with Crippen molar-refractivity contribution in [2.75, 3.05) is 36.5 Å². The summed E-state index contributed by atoms with van der Waals surface area (Å²) in [6.45, 7) is 7.40. The lowest BCUT2D eigenvalue weighted by Crippen LogP contribution is -2.30. The van der Waals surface area contributed by atoms with Gasteiger partial charge in [0.1, 0.15) is 12.4 Å². The number of rotatable bonds is 1. The second-order valence-corrected chi connectivity index (χ2v) is 4.74. The molecule has 0 unspecified atom stereocenters. The van der Waals surface area contributed by atoms with E-state index in [2.05, 4.69) is 30.5 Å². The van der Waals surface area contributed by atoms with Gasteiger partial charge in [-0.25, -0.2) is 0 Å². The van der Waals surface area contributed by atoms with Gasteiger partial charge >= 0.3 is 0 Å². The molecule has 0 atom stereocenters. The van der Waals surface area contributed by atoms with Crippen molar-refractivity contribution in [1.29, 1.82) is 5.41 Å². The Hall–Kier alpha value is -1.91. The maximum atomic E-state index is 7.94. The average Bonchev–Trinajstić information content (AvgIpc) is 2.76. The van der Waals surface area contributed by atoms with Crippen LogP contribution in [0.3, 0.4) is 0 Å². The molecule has 0 spiro atoms. The summed E-state index contributed by atoms with van der Waals surface area (Å²) in [4.78, 5) is 2.03. The molecule has 2 aliphatic heterocycles. The number of aryl methyl sites for hydroxylation is 1. The molecule has 2 aliphatic rings.